The second kappa shape index (κ2) is 5.58. The topological polar surface area (TPSA) is 56.4 Å². The van der Waals surface area contributed by atoms with Gasteiger partial charge in [-0.2, -0.15) is 0 Å². The Morgan fingerprint density at radius 2 is 1.92 bits per heavy atom. The Hall–Kier alpha value is -1.37. The zero-order valence-electron chi connectivity index (χ0n) is 14.5. The van der Waals surface area contributed by atoms with Crippen LogP contribution in [0.2, 0.25) is 0 Å². The minimum absolute atomic E-state index is 0.112. The Balaban J connectivity index is 1.67. The molecular formula is C18H25N3O2S. The number of sulfone groups is 1. The van der Waals surface area contributed by atoms with Gasteiger partial charge in [-0.1, -0.05) is 18.2 Å². The standard InChI is InChI=1S/C18H25N3O2S/c1-12-13(2)19-18-14(5-4-6-15(12)18)9-21-8-7-20(3)16-10-24(22,23)11-17(16)21/h4-6,16-17,19H,7-11H2,1-3H3/t16-,17+/m1/s1. The number of hydrogen-bond donors (Lipinski definition) is 1. The van der Waals surface area contributed by atoms with Gasteiger partial charge in [0.15, 0.2) is 9.84 Å². The fourth-order valence-corrected chi connectivity index (χ4v) is 6.37. The average molecular weight is 347 g/mol. The minimum atomic E-state index is -2.92. The Kier molecular flexibility index (Phi) is 3.74. The van der Waals surface area contributed by atoms with Crippen LogP contribution in [0.25, 0.3) is 10.9 Å². The van der Waals surface area contributed by atoms with Gasteiger partial charge in [0.05, 0.1) is 17.0 Å². The van der Waals surface area contributed by atoms with Gasteiger partial charge >= 0.3 is 0 Å². The van der Waals surface area contributed by atoms with Crippen LogP contribution in [0.5, 0.6) is 0 Å². The number of likely N-dealkylation sites (N-methyl/N-ethyl adjacent to an activating group) is 1. The number of rotatable bonds is 2. The summed E-state index contributed by atoms with van der Waals surface area (Å²) in [6.45, 7) is 6.90. The highest BCUT2D eigenvalue weighted by molar-refractivity contribution is 7.91. The van der Waals surface area contributed by atoms with Gasteiger partial charge < -0.3 is 4.98 Å². The molecule has 6 heteroatoms. The molecule has 0 amide bonds. The Labute approximate surface area is 143 Å². The maximum Gasteiger partial charge on any atom is 0.153 e. The van der Waals surface area contributed by atoms with E-state index in [0.29, 0.717) is 11.5 Å². The van der Waals surface area contributed by atoms with Crippen molar-refractivity contribution in [3.8, 4) is 0 Å². The molecule has 0 radical (unpaired) electrons. The number of piperazine rings is 1. The molecule has 2 aromatic rings. The van der Waals surface area contributed by atoms with E-state index in [9.17, 15) is 8.42 Å². The van der Waals surface area contributed by atoms with Crippen LogP contribution in [0.4, 0.5) is 0 Å². The van der Waals surface area contributed by atoms with E-state index < -0.39 is 9.84 Å². The highest BCUT2D eigenvalue weighted by Gasteiger charge is 2.45. The number of aromatic nitrogens is 1. The molecule has 2 fully saturated rings. The SMILES string of the molecule is Cc1[nH]c2c(CN3CCN(C)[C@@H]4CS(=O)(=O)C[C@@H]43)cccc2c1C. The summed E-state index contributed by atoms with van der Waals surface area (Å²) in [6, 6.07) is 6.67. The molecule has 4 rings (SSSR count). The second-order valence-corrected chi connectivity index (χ2v) is 9.53. The highest BCUT2D eigenvalue weighted by atomic mass is 32.2. The number of fused-ring (bicyclic) bond motifs is 2. The lowest BCUT2D eigenvalue weighted by Gasteiger charge is -2.42. The Morgan fingerprint density at radius 1 is 1.17 bits per heavy atom. The molecule has 0 spiro atoms. The van der Waals surface area contributed by atoms with Gasteiger partial charge in [0.1, 0.15) is 0 Å². The molecule has 24 heavy (non-hydrogen) atoms. The molecule has 0 bridgehead atoms. The fraction of sp³-hybridized carbons (Fsp3) is 0.556. The summed E-state index contributed by atoms with van der Waals surface area (Å²) in [4.78, 5) is 8.10. The normalized spacial score (nSPS) is 27.6. The maximum absolute atomic E-state index is 12.1. The molecule has 2 saturated heterocycles. The van der Waals surface area contributed by atoms with Crippen LogP contribution in [0.15, 0.2) is 18.2 Å². The third-order valence-corrected chi connectivity index (χ3v) is 7.57. The lowest BCUT2D eigenvalue weighted by molar-refractivity contribution is 0.0575. The molecule has 2 atom stereocenters. The average Bonchev–Trinajstić information content (AvgIpc) is 3.01. The molecule has 0 saturated carbocycles. The van der Waals surface area contributed by atoms with Crippen LogP contribution in [-0.2, 0) is 16.4 Å². The molecule has 2 aliphatic rings. The van der Waals surface area contributed by atoms with E-state index in [1.807, 2.05) is 7.05 Å². The van der Waals surface area contributed by atoms with Crippen molar-refractivity contribution in [2.45, 2.75) is 32.5 Å². The summed E-state index contributed by atoms with van der Waals surface area (Å²) in [5.41, 5.74) is 4.96. The molecule has 1 aromatic heterocycles. The van der Waals surface area contributed by atoms with Crippen molar-refractivity contribution in [1.29, 1.82) is 0 Å². The van der Waals surface area contributed by atoms with Crippen LogP contribution < -0.4 is 0 Å². The molecule has 2 aliphatic heterocycles. The maximum atomic E-state index is 12.1. The van der Waals surface area contributed by atoms with Crippen molar-refractivity contribution in [2.24, 2.45) is 0 Å². The monoisotopic (exact) mass is 347 g/mol. The van der Waals surface area contributed by atoms with E-state index >= 15 is 0 Å². The van der Waals surface area contributed by atoms with Crippen LogP contribution in [0.3, 0.4) is 0 Å². The van der Waals surface area contributed by atoms with Crippen LogP contribution in [0.1, 0.15) is 16.8 Å². The number of aromatic amines is 1. The van der Waals surface area contributed by atoms with E-state index in [4.69, 9.17) is 0 Å². The number of hydrogen-bond acceptors (Lipinski definition) is 4. The molecule has 1 N–H and O–H groups in total. The summed E-state index contributed by atoms with van der Waals surface area (Å²) in [7, 11) is -0.873. The fourth-order valence-electron chi connectivity index (χ4n) is 4.29. The van der Waals surface area contributed by atoms with Crippen LogP contribution >= 0.6 is 0 Å². The van der Waals surface area contributed by atoms with Crippen molar-refractivity contribution in [3.63, 3.8) is 0 Å². The Morgan fingerprint density at radius 3 is 2.71 bits per heavy atom. The van der Waals surface area contributed by atoms with Gasteiger partial charge in [-0.05, 0) is 32.0 Å². The van der Waals surface area contributed by atoms with Crippen molar-refractivity contribution >= 4 is 20.7 Å². The molecule has 3 heterocycles. The second-order valence-electron chi connectivity index (χ2n) is 7.38. The lowest BCUT2D eigenvalue weighted by atomic mass is 10.0. The van der Waals surface area contributed by atoms with E-state index in [1.165, 1.54) is 27.7 Å². The van der Waals surface area contributed by atoms with Crippen LogP contribution in [-0.4, -0.2) is 66.9 Å². The molecular weight excluding hydrogens is 322 g/mol. The number of H-pyrrole nitrogens is 1. The number of nitrogens with one attached hydrogen (secondary N) is 1. The Bertz CT molecular complexity index is 887. The molecule has 130 valence electrons. The third-order valence-electron chi connectivity index (χ3n) is 5.87. The molecule has 1 aromatic carbocycles. The third kappa shape index (κ3) is 2.57. The van der Waals surface area contributed by atoms with Crippen molar-refractivity contribution < 1.29 is 8.42 Å². The first-order valence-electron chi connectivity index (χ1n) is 8.57. The first-order chi connectivity index (χ1) is 11.4. The summed E-state index contributed by atoms with van der Waals surface area (Å²) in [6.07, 6.45) is 0. The number of para-hydroxylation sites is 1. The van der Waals surface area contributed by atoms with E-state index in [0.717, 1.165) is 19.6 Å². The predicted octanol–water partition coefficient (Wildman–Crippen LogP) is 1.70. The van der Waals surface area contributed by atoms with E-state index in [1.54, 1.807) is 0 Å². The lowest BCUT2D eigenvalue weighted by Crippen LogP contribution is -2.57. The number of nitrogens with zero attached hydrogens (tertiary/aromatic N) is 2. The highest BCUT2D eigenvalue weighted by Crippen LogP contribution is 2.30. The first-order valence-corrected chi connectivity index (χ1v) is 10.4. The van der Waals surface area contributed by atoms with E-state index in [-0.39, 0.29) is 12.1 Å². The zero-order chi connectivity index (χ0) is 17.1. The summed E-state index contributed by atoms with van der Waals surface area (Å²) < 4.78 is 24.3. The van der Waals surface area contributed by atoms with Gasteiger partial charge in [0.25, 0.3) is 0 Å². The van der Waals surface area contributed by atoms with Crippen molar-refractivity contribution in [2.75, 3.05) is 31.6 Å². The quantitative estimate of drug-likeness (QED) is 0.898. The molecule has 0 unspecified atom stereocenters. The van der Waals surface area contributed by atoms with Crippen LogP contribution in [0, 0.1) is 13.8 Å². The summed E-state index contributed by atoms with van der Waals surface area (Å²) in [5.74, 6) is 0.594. The first kappa shape index (κ1) is 16.1. The summed E-state index contributed by atoms with van der Waals surface area (Å²) in [5, 5.41) is 1.27. The van der Waals surface area contributed by atoms with E-state index in [2.05, 4.69) is 46.8 Å². The molecule has 5 nitrogen and oxygen atoms in total. The minimum Gasteiger partial charge on any atom is -0.358 e. The largest absolute Gasteiger partial charge is 0.358 e. The predicted molar refractivity (Wildman–Crippen MR) is 97.0 cm³/mol. The molecule has 0 aliphatic carbocycles. The van der Waals surface area contributed by atoms with Crippen molar-refractivity contribution in [3.05, 3.63) is 35.0 Å². The van der Waals surface area contributed by atoms with Gasteiger partial charge in [0, 0.05) is 42.8 Å². The zero-order valence-corrected chi connectivity index (χ0v) is 15.4. The van der Waals surface area contributed by atoms with Gasteiger partial charge in [0.2, 0.25) is 0 Å². The van der Waals surface area contributed by atoms with Gasteiger partial charge in [-0.3, -0.25) is 9.80 Å². The number of aryl methyl sites for hydroxylation is 2. The van der Waals surface area contributed by atoms with Gasteiger partial charge in [-0.15, -0.1) is 0 Å². The van der Waals surface area contributed by atoms with Gasteiger partial charge in [-0.25, -0.2) is 8.42 Å². The number of benzene rings is 1. The van der Waals surface area contributed by atoms with Crippen molar-refractivity contribution in [1.82, 2.24) is 14.8 Å². The smallest absolute Gasteiger partial charge is 0.153 e. The summed E-state index contributed by atoms with van der Waals surface area (Å²) >= 11 is 0.